The van der Waals surface area contributed by atoms with E-state index in [0.717, 1.165) is 22.3 Å². The maximum Gasteiger partial charge on any atom is 0.251 e. The third-order valence-electron chi connectivity index (χ3n) is 6.05. The van der Waals surface area contributed by atoms with E-state index >= 15 is 0 Å². The number of aromatic nitrogens is 3. The van der Waals surface area contributed by atoms with Gasteiger partial charge in [0, 0.05) is 35.8 Å². The van der Waals surface area contributed by atoms with Crippen molar-refractivity contribution >= 4 is 33.0 Å². The van der Waals surface area contributed by atoms with Gasteiger partial charge in [0.25, 0.3) is 5.91 Å². The lowest BCUT2D eigenvalue weighted by atomic mass is 10.1. The Bertz CT molecular complexity index is 1750. The van der Waals surface area contributed by atoms with Gasteiger partial charge in [0.05, 0.1) is 4.90 Å². The van der Waals surface area contributed by atoms with Crippen LogP contribution in [0.4, 0.5) is 16.0 Å². The Morgan fingerprint density at radius 3 is 2.34 bits per heavy atom. The topological polar surface area (TPSA) is 105 Å². The number of hydrogen-bond donors (Lipinski definition) is 2. The van der Waals surface area contributed by atoms with E-state index in [1.165, 1.54) is 18.4 Å². The van der Waals surface area contributed by atoms with Gasteiger partial charge < -0.3 is 10.6 Å². The van der Waals surface area contributed by atoms with E-state index in [9.17, 15) is 17.6 Å². The van der Waals surface area contributed by atoms with Crippen molar-refractivity contribution in [1.82, 2.24) is 19.9 Å². The van der Waals surface area contributed by atoms with Crippen LogP contribution in [0.1, 0.15) is 21.5 Å². The summed E-state index contributed by atoms with van der Waals surface area (Å²) in [6, 6.07) is 21.8. The number of carbonyl (C=O) groups excluding carboxylic acids is 1. The summed E-state index contributed by atoms with van der Waals surface area (Å²) in [6.07, 6.45) is 3.02. The molecule has 192 valence electrons. The zero-order valence-electron chi connectivity index (χ0n) is 20.6. The number of pyridine rings is 1. The van der Waals surface area contributed by atoms with Crippen LogP contribution in [-0.2, 0) is 16.4 Å². The van der Waals surface area contributed by atoms with Crippen molar-refractivity contribution in [3.63, 3.8) is 0 Å². The van der Waals surface area contributed by atoms with Crippen LogP contribution in [0.2, 0.25) is 0 Å². The van der Waals surface area contributed by atoms with Gasteiger partial charge in [-0.3, -0.25) is 4.79 Å². The van der Waals surface area contributed by atoms with E-state index < -0.39 is 9.84 Å². The standard InChI is InChI=1S/C28H24FN5O3S/c1-18-15-24(38(2,36)37)12-13-25(18)31-28-32-26-14-9-22(17-34(26)33-28)20-5-7-21(8-6-20)27(35)30-16-19-3-10-23(29)11-4-19/h3-15,17H,16H2,1-2H3,(H,30,35)(H,31,33). The van der Waals surface area contributed by atoms with Crippen LogP contribution in [0, 0.1) is 12.7 Å². The van der Waals surface area contributed by atoms with E-state index in [1.807, 2.05) is 37.4 Å². The Labute approximate surface area is 219 Å². The number of sulfone groups is 1. The van der Waals surface area contributed by atoms with Gasteiger partial charge in [-0.05, 0) is 78.2 Å². The molecule has 2 heterocycles. The number of carbonyl (C=O) groups is 1. The van der Waals surface area contributed by atoms with Crippen molar-refractivity contribution in [3.05, 3.63) is 108 Å². The molecule has 0 aliphatic carbocycles. The molecule has 1 amide bonds. The van der Waals surface area contributed by atoms with Gasteiger partial charge in [0.1, 0.15) is 5.82 Å². The molecule has 3 aromatic carbocycles. The first-order valence-electron chi connectivity index (χ1n) is 11.7. The van der Waals surface area contributed by atoms with E-state index in [1.54, 1.807) is 47.0 Å². The van der Waals surface area contributed by atoms with Crippen molar-refractivity contribution in [2.45, 2.75) is 18.4 Å². The zero-order valence-corrected chi connectivity index (χ0v) is 21.5. The van der Waals surface area contributed by atoms with Crippen molar-refractivity contribution < 1.29 is 17.6 Å². The number of nitrogens with one attached hydrogen (secondary N) is 2. The lowest BCUT2D eigenvalue weighted by molar-refractivity contribution is 0.0951. The maximum absolute atomic E-state index is 13.0. The second-order valence-corrected chi connectivity index (χ2v) is 10.9. The summed E-state index contributed by atoms with van der Waals surface area (Å²) >= 11 is 0. The fourth-order valence-electron chi connectivity index (χ4n) is 3.94. The molecule has 0 atom stereocenters. The van der Waals surface area contributed by atoms with E-state index in [2.05, 4.69) is 20.7 Å². The van der Waals surface area contributed by atoms with E-state index in [-0.39, 0.29) is 16.6 Å². The molecule has 5 rings (SSSR count). The largest absolute Gasteiger partial charge is 0.348 e. The SMILES string of the molecule is Cc1cc(S(C)(=O)=O)ccc1Nc1nc2ccc(-c3ccc(C(=O)NCc4ccc(F)cc4)cc3)cn2n1. The van der Waals surface area contributed by atoms with Crippen molar-refractivity contribution in [2.75, 3.05) is 11.6 Å². The molecule has 5 aromatic rings. The quantitative estimate of drug-likeness (QED) is 0.310. The number of nitrogens with zero attached hydrogens (tertiary/aromatic N) is 3. The highest BCUT2D eigenvalue weighted by Gasteiger charge is 2.12. The Hall–Kier alpha value is -4.57. The summed E-state index contributed by atoms with van der Waals surface area (Å²) < 4.78 is 38.3. The third-order valence-corrected chi connectivity index (χ3v) is 7.16. The number of anilines is 2. The minimum Gasteiger partial charge on any atom is -0.348 e. The number of rotatable bonds is 7. The Balaban J connectivity index is 1.29. The number of fused-ring (bicyclic) bond motifs is 1. The monoisotopic (exact) mass is 529 g/mol. The normalized spacial score (nSPS) is 11.4. The molecule has 0 spiro atoms. The fourth-order valence-corrected chi connectivity index (χ4v) is 4.64. The molecule has 0 aliphatic rings. The predicted octanol–water partition coefficient (Wildman–Crippen LogP) is 4.92. The van der Waals surface area contributed by atoms with E-state index in [4.69, 9.17) is 0 Å². The average Bonchev–Trinajstić information content (AvgIpc) is 3.30. The molecule has 38 heavy (non-hydrogen) atoms. The zero-order chi connectivity index (χ0) is 26.9. The van der Waals surface area contributed by atoms with Crippen LogP contribution >= 0.6 is 0 Å². The minimum absolute atomic E-state index is 0.219. The molecule has 8 nitrogen and oxygen atoms in total. The molecule has 0 radical (unpaired) electrons. The average molecular weight is 530 g/mol. The van der Waals surface area contributed by atoms with Gasteiger partial charge in [0.2, 0.25) is 5.95 Å². The minimum atomic E-state index is -3.29. The molecule has 2 N–H and O–H groups in total. The lowest BCUT2D eigenvalue weighted by Gasteiger charge is -2.07. The Morgan fingerprint density at radius 2 is 1.66 bits per heavy atom. The molecule has 0 saturated carbocycles. The Kier molecular flexibility index (Phi) is 6.64. The molecule has 2 aromatic heterocycles. The fraction of sp³-hybridized carbons (Fsp3) is 0.107. The van der Waals surface area contributed by atoms with Crippen LogP contribution in [0.5, 0.6) is 0 Å². The second kappa shape index (κ2) is 10.1. The smallest absolute Gasteiger partial charge is 0.251 e. The van der Waals surface area contributed by atoms with Gasteiger partial charge in [-0.1, -0.05) is 24.3 Å². The Morgan fingerprint density at radius 1 is 0.947 bits per heavy atom. The summed E-state index contributed by atoms with van der Waals surface area (Å²) in [5, 5.41) is 10.5. The van der Waals surface area contributed by atoms with E-state index in [0.29, 0.717) is 29.4 Å². The van der Waals surface area contributed by atoms with Crippen LogP contribution < -0.4 is 10.6 Å². The number of benzene rings is 3. The van der Waals surface area contributed by atoms with Gasteiger partial charge in [-0.25, -0.2) is 17.3 Å². The van der Waals surface area contributed by atoms with Crippen molar-refractivity contribution in [2.24, 2.45) is 0 Å². The van der Waals surface area contributed by atoms with Gasteiger partial charge in [-0.15, -0.1) is 5.10 Å². The summed E-state index contributed by atoms with van der Waals surface area (Å²) in [5.41, 5.74) is 5.23. The van der Waals surface area contributed by atoms with Crippen LogP contribution in [0.15, 0.2) is 90.0 Å². The van der Waals surface area contributed by atoms with Crippen molar-refractivity contribution in [1.29, 1.82) is 0 Å². The summed E-state index contributed by atoms with van der Waals surface area (Å²) in [5.74, 6) is -0.155. The summed E-state index contributed by atoms with van der Waals surface area (Å²) in [7, 11) is -3.29. The van der Waals surface area contributed by atoms with Gasteiger partial charge in [0.15, 0.2) is 15.5 Å². The molecule has 0 bridgehead atoms. The number of hydrogen-bond acceptors (Lipinski definition) is 6. The highest BCUT2D eigenvalue weighted by Crippen LogP contribution is 2.24. The van der Waals surface area contributed by atoms with Gasteiger partial charge >= 0.3 is 0 Å². The van der Waals surface area contributed by atoms with Crippen LogP contribution in [0.25, 0.3) is 16.8 Å². The number of amides is 1. The first kappa shape index (κ1) is 25.1. The first-order valence-corrected chi connectivity index (χ1v) is 13.6. The first-order chi connectivity index (χ1) is 18.2. The van der Waals surface area contributed by atoms with Crippen molar-refractivity contribution in [3.8, 4) is 11.1 Å². The highest BCUT2D eigenvalue weighted by atomic mass is 32.2. The molecule has 10 heteroatoms. The highest BCUT2D eigenvalue weighted by molar-refractivity contribution is 7.90. The molecule has 0 fully saturated rings. The lowest BCUT2D eigenvalue weighted by Crippen LogP contribution is -2.22. The molecular formula is C28H24FN5O3S. The van der Waals surface area contributed by atoms with Gasteiger partial charge in [-0.2, -0.15) is 4.98 Å². The number of aryl methyl sites for hydroxylation is 1. The summed E-state index contributed by atoms with van der Waals surface area (Å²) in [4.78, 5) is 17.3. The second-order valence-electron chi connectivity index (χ2n) is 8.92. The van der Waals surface area contributed by atoms with Crippen LogP contribution in [-0.4, -0.2) is 35.2 Å². The number of halogens is 1. The molecular weight excluding hydrogens is 505 g/mol. The molecule has 0 aliphatic heterocycles. The molecule has 0 saturated heterocycles. The predicted molar refractivity (Wildman–Crippen MR) is 144 cm³/mol. The maximum atomic E-state index is 13.0. The third kappa shape index (κ3) is 5.55. The molecule has 0 unspecified atom stereocenters. The van der Waals surface area contributed by atoms with Crippen LogP contribution in [0.3, 0.4) is 0 Å². The summed E-state index contributed by atoms with van der Waals surface area (Å²) in [6.45, 7) is 2.12.